The monoisotopic (exact) mass is 387 g/mol. The second-order valence-electron chi connectivity index (χ2n) is 7.42. The van der Waals surface area contributed by atoms with Gasteiger partial charge >= 0.3 is 5.69 Å². The summed E-state index contributed by atoms with van der Waals surface area (Å²) >= 11 is 0. The number of hydrogen-bond donors (Lipinski definition) is 1. The summed E-state index contributed by atoms with van der Waals surface area (Å²) in [5.74, 6) is 0.144. The molecular weight excluding hydrogens is 362 g/mol. The van der Waals surface area contributed by atoms with Crippen LogP contribution < -0.4 is 10.6 Å². The first-order valence-electron chi connectivity index (χ1n) is 9.77. The first kappa shape index (κ1) is 18.5. The number of nitro groups is 1. The predicted octanol–water partition coefficient (Wildman–Crippen LogP) is 1.42. The highest BCUT2D eigenvalue weighted by molar-refractivity contribution is 5.51. The number of hydrogen-bond acceptors (Lipinski definition) is 6. The second kappa shape index (κ2) is 7.67. The molecule has 0 radical (unpaired) electrons. The first-order chi connectivity index (χ1) is 13.5. The van der Waals surface area contributed by atoms with Gasteiger partial charge in [0.15, 0.2) is 0 Å². The number of piperazine rings is 1. The Morgan fingerprint density at radius 1 is 1.04 bits per heavy atom. The molecule has 3 heterocycles. The fourth-order valence-corrected chi connectivity index (χ4v) is 4.18. The van der Waals surface area contributed by atoms with Crippen LogP contribution in [0.3, 0.4) is 0 Å². The van der Waals surface area contributed by atoms with Gasteiger partial charge in [-0.15, -0.1) is 0 Å². The molecule has 0 saturated carbocycles. The van der Waals surface area contributed by atoms with E-state index < -0.39 is 0 Å². The molecule has 9 heteroatoms. The van der Waals surface area contributed by atoms with Gasteiger partial charge in [-0.25, -0.2) is 4.79 Å². The number of nitro benzene ring substituents is 1. The molecule has 1 aromatic heterocycles. The molecule has 0 unspecified atom stereocenters. The van der Waals surface area contributed by atoms with Crippen molar-refractivity contribution in [3.63, 3.8) is 0 Å². The van der Waals surface area contributed by atoms with E-state index in [2.05, 4.69) is 9.80 Å². The van der Waals surface area contributed by atoms with E-state index in [1.165, 1.54) is 4.57 Å². The number of benzene rings is 1. The normalized spacial score (nSPS) is 17.1. The molecule has 0 bridgehead atoms. The summed E-state index contributed by atoms with van der Waals surface area (Å²) in [5, 5.41) is 21.0. The van der Waals surface area contributed by atoms with Crippen LogP contribution in [0.4, 0.5) is 11.4 Å². The van der Waals surface area contributed by atoms with Gasteiger partial charge in [0.2, 0.25) is 5.88 Å². The van der Waals surface area contributed by atoms with Crippen molar-refractivity contribution in [2.45, 2.75) is 32.4 Å². The molecule has 2 aliphatic rings. The largest absolute Gasteiger partial charge is 0.493 e. The van der Waals surface area contributed by atoms with Crippen molar-refractivity contribution >= 4 is 11.4 Å². The van der Waals surface area contributed by atoms with E-state index in [1.54, 1.807) is 28.8 Å². The molecule has 0 aliphatic carbocycles. The van der Waals surface area contributed by atoms with Crippen molar-refractivity contribution < 1.29 is 10.0 Å². The van der Waals surface area contributed by atoms with E-state index in [0.29, 0.717) is 13.1 Å². The Bertz CT molecular complexity index is 910. The molecular formula is C19H25N5O4. The number of fused-ring (bicyclic) bond motifs is 1. The summed E-state index contributed by atoms with van der Waals surface area (Å²) in [4.78, 5) is 27.3. The van der Waals surface area contributed by atoms with Crippen LogP contribution >= 0.6 is 0 Å². The van der Waals surface area contributed by atoms with Crippen molar-refractivity contribution in [1.82, 2.24) is 14.0 Å². The van der Waals surface area contributed by atoms with Crippen molar-refractivity contribution in [3.05, 3.63) is 50.6 Å². The third-order valence-corrected chi connectivity index (χ3v) is 5.75. The number of aromatic hydroxyl groups is 1. The summed E-state index contributed by atoms with van der Waals surface area (Å²) < 4.78 is 3.19. The van der Waals surface area contributed by atoms with Crippen LogP contribution in [-0.2, 0) is 19.5 Å². The van der Waals surface area contributed by atoms with Crippen molar-refractivity contribution in [3.8, 4) is 5.88 Å². The van der Waals surface area contributed by atoms with Gasteiger partial charge in [-0.1, -0.05) is 0 Å². The topological polar surface area (TPSA) is 96.8 Å². The Balaban J connectivity index is 1.26. The number of non-ortho nitro benzene ring substituents is 1. The molecule has 2 aliphatic heterocycles. The van der Waals surface area contributed by atoms with Gasteiger partial charge in [0.25, 0.3) is 5.69 Å². The Morgan fingerprint density at radius 3 is 2.39 bits per heavy atom. The number of anilines is 1. The van der Waals surface area contributed by atoms with Gasteiger partial charge in [-0.05, 0) is 37.9 Å². The number of aromatic nitrogens is 2. The van der Waals surface area contributed by atoms with E-state index in [4.69, 9.17) is 0 Å². The van der Waals surface area contributed by atoms with Gasteiger partial charge < -0.3 is 10.0 Å². The van der Waals surface area contributed by atoms with Gasteiger partial charge in [-0.2, -0.15) is 0 Å². The Hall–Kier alpha value is -2.81. The molecule has 1 saturated heterocycles. The standard InChI is InChI=1S/C19H25N5O4/c25-18-17-3-1-9-22(17)19(26)23(18)10-2-8-20-11-13-21(14-12-20)15-4-6-16(7-5-15)24(27)28/h4-7,25H,1-3,8-14H2. The second-order valence-corrected chi connectivity index (χ2v) is 7.42. The van der Waals surface area contributed by atoms with E-state index >= 15 is 0 Å². The average Bonchev–Trinajstić information content (AvgIpc) is 3.28. The third-order valence-electron chi connectivity index (χ3n) is 5.75. The lowest BCUT2D eigenvalue weighted by atomic mass is 10.2. The lowest BCUT2D eigenvalue weighted by molar-refractivity contribution is -0.384. The molecule has 2 aromatic rings. The number of nitrogens with zero attached hydrogens (tertiary/aromatic N) is 5. The Morgan fingerprint density at radius 2 is 1.75 bits per heavy atom. The molecule has 4 rings (SSSR count). The van der Waals surface area contributed by atoms with Crippen LogP contribution in [0.1, 0.15) is 18.5 Å². The predicted molar refractivity (Wildman–Crippen MR) is 105 cm³/mol. The molecule has 0 spiro atoms. The van der Waals surface area contributed by atoms with Crippen LogP contribution in [0.5, 0.6) is 5.88 Å². The highest BCUT2D eigenvalue weighted by Gasteiger charge is 2.23. The molecule has 1 N–H and O–H groups in total. The molecule has 28 heavy (non-hydrogen) atoms. The minimum Gasteiger partial charge on any atom is -0.493 e. The summed E-state index contributed by atoms with van der Waals surface area (Å²) in [7, 11) is 0. The highest BCUT2D eigenvalue weighted by atomic mass is 16.6. The van der Waals surface area contributed by atoms with Crippen LogP contribution in [0.15, 0.2) is 29.1 Å². The zero-order chi connectivity index (χ0) is 19.7. The van der Waals surface area contributed by atoms with E-state index in [-0.39, 0.29) is 22.2 Å². The van der Waals surface area contributed by atoms with Gasteiger partial charge in [0, 0.05) is 57.1 Å². The zero-order valence-corrected chi connectivity index (χ0v) is 15.8. The van der Waals surface area contributed by atoms with E-state index in [1.807, 2.05) is 0 Å². The maximum Gasteiger partial charge on any atom is 0.331 e. The van der Waals surface area contributed by atoms with Crippen molar-refractivity contribution in [2.24, 2.45) is 0 Å². The van der Waals surface area contributed by atoms with E-state index in [9.17, 15) is 20.0 Å². The summed E-state index contributed by atoms with van der Waals surface area (Å²) in [5.41, 5.74) is 1.80. The maximum absolute atomic E-state index is 12.3. The fraction of sp³-hybridized carbons (Fsp3) is 0.526. The lowest BCUT2D eigenvalue weighted by Crippen LogP contribution is -2.46. The smallest absolute Gasteiger partial charge is 0.331 e. The molecule has 0 amide bonds. The molecule has 1 fully saturated rings. The number of imidazole rings is 1. The van der Waals surface area contributed by atoms with Crippen LogP contribution in [0.2, 0.25) is 0 Å². The SMILES string of the molecule is O=c1n(CCCN2CCN(c3ccc([N+](=O)[O-])cc3)CC2)c(O)c2n1CCC2. The summed E-state index contributed by atoms with van der Waals surface area (Å²) in [6.07, 6.45) is 2.52. The van der Waals surface area contributed by atoms with Crippen molar-refractivity contribution in [2.75, 3.05) is 37.6 Å². The summed E-state index contributed by atoms with van der Waals surface area (Å²) in [6, 6.07) is 6.69. The Labute approximate surface area is 162 Å². The molecule has 150 valence electrons. The van der Waals surface area contributed by atoms with Crippen LogP contribution in [0, 0.1) is 10.1 Å². The first-order valence-corrected chi connectivity index (χ1v) is 9.77. The number of rotatable bonds is 6. The minimum atomic E-state index is -0.384. The lowest BCUT2D eigenvalue weighted by Gasteiger charge is -2.36. The minimum absolute atomic E-state index is 0.0898. The third kappa shape index (κ3) is 3.49. The fourth-order valence-electron chi connectivity index (χ4n) is 4.18. The Kier molecular flexibility index (Phi) is 5.08. The van der Waals surface area contributed by atoms with Crippen LogP contribution in [-0.4, -0.2) is 56.8 Å². The van der Waals surface area contributed by atoms with Crippen LogP contribution in [0.25, 0.3) is 0 Å². The molecule has 9 nitrogen and oxygen atoms in total. The van der Waals surface area contributed by atoms with Gasteiger partial charge in [0.05, 0.1) is 10.6 Å². The average molecular weight is 387 g/mol. The molecule has 1 aromatic carbocycles. The van der Waals surface area contributed by atoms with Crippen molar-refractivity contribution in [1.29, 1.82) is 0 Å². The van der Waals surface area contributed by atoms with E-state index in [0.717, 1.165) is 63.4 Å². The maximum atomic E-state index is 12.3. The highest BCUT2D eigenvalue weighted by Crippen LogP contribution is 2.23. The summed E-state index contributed by atoms with van der Waals surface area (Å²) in [6.45, 7) is 5.66. The molecule has 0 atom stereocenters. The van der Waals surface area contributed by atoms with Gasteiger partial charge in [0.1, 0.15) is 0 Å². The van der Waals surface area contributed by atoms with Gasteiger partial charge in [-0.3, -0.25) is 24.1 Å². The zero-order valence-electron chi connectivity index (χ0n) is 15.8. The quantitative estimate of drug-likeness (QED) is 0.595.